The van der Waals surface area contributed by atoms with Crippen LogP contribution >= 0.6 is 0 Å². The molecule has 0 unspecified atom stereocenters. The van der Waals surface area contributed by atoms with Crippen molar-refractivity contribution in [3.63, 3.8) is 0 Å². The molecular weight excluding hydrogens is 286 g/mol. The minimum Gasteiger partial charge on any atom is -0.497 e. The molecule has 0 atom stereocenters. The van der Waals surface area contributed by atoms with E-state index in [1.165, 1.54) is 0 Å². The summed E-state index contributed by atoms with van der Waals surface area (Å²) in [7, 11) is 1.67. The Hall–Kier alpha value is -3.14. The molecule has 4 rings (SSSR count). The van der Waals surface area contributed by atoms with E-state index in [9.17, 15) is 0 Å². The van der Waals surface area contributed by atoms with Gasteiger partial charge in [-0.25, -0.2) is 0 Å². The van der Waals surface area contributed by atoms with Crippen molar-refractivity contribution in [2.45, 2.75) is 0 Å². The van der Waals surface area contributed by atoms with Crippen LogP contribution in [-0.4, -0.2) is 22.3 Å². The van der Waals surface area contributed by atoms with Crippen LogP contribution in [0, 0.1) is 0 Å². The summed E-state index contributed by atoms with van der Waals surface area (Å²) in [6.07, 6.45) is 3.65. The Morgan fingerprint density at radius 3 is 2.83 bits per heavy atom. The van der Waals surface area contributed by atoms with Crippen LogP contribution in [0.4, 0.5) is 0 Å². The number of rotatable bonds is 3. The maximum atomic E-state index is 5.33. The minimum absolute atomic E-state index is 0.824. The van der Waals surface area contributed by atoms with Gasteiger partial charge < -0.3 is 4.74 Å². The van der Waals surface area contributed by atoms with E-state index in [4.69, 9.17) is 4.74 Å². The highest BCUT2D eigenvalue weighted by Gasteiger charge is 2.10. The highest BCUT2D eigenvalue weighted by molar-refractivity contribution is 5.88. The lowest BCUT2D eigenvalue weighted by Gasteiger charge is -2.10. The number of methoxy groups -OCH3 is 1. The smallest absolute Gasteiger partial charge is 0.119 e. The molecule has 0 aliphatic heterocycles. The second-order valence-corrected chi connectivity index (χ2v) is 5.30. The van der Waals surface area contributed by atoms with Gasteiger partial charge in [-0.1, -0.05) is 24.3 Å². The largest absolute Gasteiger partial charge is 0.497 e. The molecule has 4 heteroatoms. The highest BCUT2D eigenvalue weighted by Crippen LogP contribution is 2.32. The van der Waals surface area contributed by atoms with Gasteiger partial charge in [0.2, 0.25) is 0 Å². The lowest BCUT2D eigenvalue weighted by molar-refractivity contribution is 0.415. The summed E-state index contributed by atoms with van der Waals surface area (Å²) in [5.41, 5.74) is 5.20. The van der Waals surface area contributed by atoms with E-state index in [0.717, 1.165) is 39.0 Å². The first kappa shape index (κ1) is 13.5. The average molecular weight is 301 g/mol. The summed E-state index contributed by atoms with van der Waals surface area (Å²) in [5.74, 6) is 0.824. The number of hydrogen-bond donors (Lipinski definition) is 1. The van der Waals surface area contributed by atoms with Crippen molar-refractivity contribution in [1.29, 1.82) is 0 Å². The molecule has 0 amide bonds. The van der Waals surface area contributed by atoms with Gasteiger partial charge in [-0.15, -0.1) is 0 Å². The Morgan fingerprint density at radius 1 is 0.957 bits per heavy atom. The number of benzene rings is 2. The summed E-state index contributed by atoms with van der Waals surface area (Å²) < 4.78 is 5.33. The summed E-state index contributed by atoms with van der Waals surface area (Å²) in [5, 5.41) is 8.15. The molecule has 2 heterocycles. The number of hydrogen-bond acceptors (Lipinski definition) is 3. The Labute approximate surface area is 133 Å². The molecule has 1 N–H and O–H groups in total. The van der Waals surface area contributed by atoms with E-state index >= 15 is 0 Å². The fraction of sp³-hybridized carbons (Fsp3) is 0.0526. The molecule has 0 saturated carbocycles. The van der Waals surface area contributed by atoms with Crippen LogP contribution in [0.5, 0.6) is 5.75 Å². The van der Waals surface area contributed by atoms with Crippen molar-refractivity contribution in [2.24, 2.45) is 0 Å². The summed E-state index contributed by atoms with van der Waals surface area (Å²) in [6.45, 7) is 0. The molecule has 2 aromatic carbocycles. The van der Waals surface area contributed by atoms with Crippen LogP contribution in [0.25, 0.3) is 33.3 Å². The number of H-pyrrole nitrogens is 1. The average Bonchev–Trinajstić information content (AvgIpc) is 3.09. The SMILES string of the molecule is COc1cccc(-c2ncccc2-c2ccc3[nH]ncc3c2)c1. The molecule has 0 radical (unpaired) electrons. The molecule has 112 valence electrons. The molecule has 0 fully saturated rings. The monoisotopic (exact) mass is 301 g/mol. The number of nitrogens with one attached hydrogen (secondary N) is 1. The zero-order valence-corrected chi connectivity index (χ0v) is 12.7. The van der Waals surface area contributed by atoms with E-state index in [2.05, 4.69) is 33.4 Å². The molecule has 0 aliphatic carbocycles. The number of pyridine rings is 1. The zero-order valence-electron chi connectivity index (χ0n) is 12.7. The van der Waals surface area contributed by atoms with E-state index in [0.29, 0.717) is 0 Å². The summed E-state index contributed by atoms with van der Waals surface area (Å²) >= 11 is 0. The van der Waals surface area contributed by atoms with Crippen LogP contribution < -0.4 is 4.74 Å². The molecule has 23 heavy (non-hydrogen) atoms. The molecule has 0 aliphatic rings. The molecule has 4 nitrogen and oxygen atoms in total. The first-order valence-electron chi connectivity index (χ1n) is 7.38. The van der Waals surface area contributed by atoms with E-state index in [1.807, 2.05) is 48.8 Å². The second-order valence-electron chi connectivity index (χ2n) is 5.30. The zero-order chi connectivity index (χ0) is 15.6. The standard InChI is InChI=1S/C19H15N3O/c1-23-16-5-2-4-14(11-16)19-17(6-3-9-20-19)13-7-8-18-15(10-13)12-21-22-18/h2-12H,1H3,(H,21,22). The van der Waals surface area contributed by atoms with Crippen molar-refractivity contribution in [1.82, 2.24) is 15.2 Å². The molecular formula is C19H15N3O. The normalized spacial score (nSPS) is 10.8. The van der Waals surface area contributed by atoms with Gasteiger partial charge in [0.25, 0.3) is 0 Å². The number of nitrogens with zero attached hydrogens (tertiary/aromatic N) is 2. The van der Waals surface area contributed by atoms with Gasteiger partial charge in [0.05, 0.1) is 24.5 Å². The van der Waals surface area contributed by atoms with Crippen molar-refractivity contribution in [3.8, 4) is 28.1 Å². The van der Waals surface area contributed by atoms with Crippen molar-refractivity contribution < 1.29 is 4.74 Å². The van der Waals surface area contributed by atoms with Gasteiger partial charge in [-0.3, -0.25) is 10.1 Å². The van der Waals surface area contributed by atoms with Gasteiger partial charge in [0.15, 0.2) is 0 Å². The third-order valence-corrected chi connectivity index (χ3v) is 3.90. The van der Waals surface area contributed by atoms with Gasteiger partial charge in [0.1, 0.15) is 5.75 Å². The van der Waals surface area contributed by atoms with Crippen LogP contribution in [-0.2, 0) is 0 Å². The first-order chi connectivity index (χ1) is 11.3. The third kappa shape index (κ3) is 2.44. The minimum atomic E-state index is 0.824. The molecule has 4 aromatic rings. The Kier molecular flexibility index (Phi) is 3.27. The van der Waals surface area contributed by atoms with E-state index < -0.39 is 0 Å². The quantitative estimate of drug-likeness (QED) is 0.614. The van der Waals surface area contributed by atoms with E-state index in [-0.39, 0.29) is 0 Å². The Morgan fingerprint density at radius 2 is 1.91 bits per heavy atom. The van der Waals surface area contributed by atoms with Gasteiger partial charge >= 0.3 is 0 Å². The lowest BCUT2D eigenvalue weighted by atomic mass is 9.98. The van der Waals surface area contributed by atoms with Gasteiger partial charge in [-0.05, 0) is 35.9 Å². The van der Waals surface area contributed by atoms with Crippen LogP contribution in [0.2, 0.25) is 0 Å². The molecule has 2 aromatic heterocycles. The number of ether oxygens (including phenoxy) is 1. The maximum absolute atomic E-state index is 5.33. The van der Waals surface area contributed by atoms with Gasteiger partial charge in [0, 0.05) is 22.7 Å². The lowest BCUT2D eigenvalue weighted by Crippen LogP contribution is -1.90. The maximum Gasteiger partial charge on any atom is 0.119 e. The predicted molar refractivity (Wildman–Crippen MR) is 91.3 cm³/mol. The highest BCUT2D eigenvalue weighted by atomic mass is 16.5. The molecule has 0 spiro atoms. The number of fused-ring (bicyclic) bond motifs is 1. The van der Waals surface area contributed by atoms with Crippen molar-refractivity contribution in [3.05, 3.63) is 67.0 Å². The van der Waals surface area contributed by atoms with Crippen molar-refractivity contribution >= 4 is 10.9 Å². The van der Waals surface area contributed by atoms with Crippen LogP contribution in [0.15, 0.2) is 67.0 Å². The topological polar surface area (TPSA) is 50.8 Å². The van der Waals surface area contributed by atoms with E-state index in [1.54, 1.807) is 7.11 Å². The molecule has 0 bridgehead atoms. The van der Waals surface area contributed by atoms with Crippen molar-refractivity contribution in [2.75, 3.05) is 7.11 Å². The van der Waals surface area contributed by atoms with Crippen LogP contribution in [0.1, 0.15) is 0 Å². The number of aromatic amines is 1. The second kappa shape index (κ2) is 5.57. The molecule has 0 saturated heterocycles. The fourth-order valence-electron chi connectivity index (χ4n) is 2.75. The summed E-state index contributed by atoms with van der Waals surface area (Å²) in [4.78, 5) is 4.59. The Balaban J connectivity index is 1.89. The van der Waals surface area contributed by atoms with Gasteiger partial charge in [-0.2, -0.15) is 5.10 Å². The fourth-order valence-corrected chi connectivity index (χ4v) is 2.75. The predicted octanol–water partition coefficient (Wildman–Crippen LogP) is 4.30. The number of aromatic nitrogens is 3. The van der Waals surface area contributed by atoms with Crippen LogP contribution in [0.3, 0.4) is 0 Å². The third-order valence-electron chi connectivity index (χ3n) is 3.90. The first-order valence-corrected chi connectivity index (χ1v) is 7.38. The summed E-state index contributed by atoms with van der Waals surface area (Å²) in [6, 6.07) is 18.3. The Bertz CT molecular complexity index is 975.